The van der Waals surface area contributed by atoms with Crippen LogP contribution < -0.4 is 5.32 Å². The zero-order valence-corrected chi connectivity index (χ0v) is 13.1. The fourth-order valence-electron chi connectivity index (χ4n) is 2.38. The average molecular weight is 286 g/mol. The topological polar surface area (TPSA) is 28.4 Å². The number of nitrogens with zero attached hydrogens (tertiary/aromatic N) is 1. The fourth-order valence-corrected chi connectivity index (χ4v) is 2.38. The van der Waals surface area contributed by atoms with Gasteiger partial charge in [0.1, 0.15) is 5.76 Å². The molecule has 0 radical (unpaired) electrons. The van der Waals surface area contributed by atoms with E-state index in [1.54, 1.807) is 6.26 Å². The van der Waals surface area contributed by atoms with E-state index in [1.165, 1.54) is 17.5 Å². The largest absolute Gasteiger partial charge is 0.468 e. The molecule has 0 unspecified atom stereocenters. The van der Waals surface area contributed by atoms with E-state index in [9.17, 15) is 0 Å². The summed E-state index contributed by atoms with van der Waals surface area (Å²) < 4.78 is 5.38. The molecule has 0 atom stereocenters. The van der Waals surface area contributed by atoms with Crippen LogP contribution in [0.15, 0.2) is 47.1 Å². The van der Waals surface area contributed by atoms with E-state index in [0.29, 0.717) is 0 Å². The predicted molar refractivity (Wildman–Crippen MR) is 87.2 cm³/mol. The van der Waals surface area contributed by atoms with E-state index in [0.717, 1.165) is 38.4 Å². The van der Waals surface area contributed by atoms with Crippen LogP contribution in [0, 0.1) is 0 Å². The van der Waals surface area contributed by atoms with Crippen molar-refractivity contribution >= 4 is 0 Å². The lowest BCUT2D eigenvalue weighted by Gasteiger charge is -2.15. The highest BCUT2D eigenvalue weighted by Crippen LogP contribution is 2.10. The van der Waals surface area contributed by atoms with Crippen LogP contribution in [0.2, 0.25) is 0 Å². The lowest BCUT2D eigenvalue weighted by atomic mass is 10.1. The zero-order valence-electron chi connectivity index (χ0n) is 13.1. The Balaban J connectivity index is 1.76. The van der Waals surface area contributed by atoms with Gasteiger partial charge in [-0.3, -0.25) is 4.90 Å². The minimum atomic E-state index is 0.843. The van der Waals surface area contributed by atoms with Crippen LogP contribution in [0.5, 0.6) is 0 Å². The van der Waals surface area contributed by atoms with Crippen LogP contribution in [0.4, 0.5) is 0 Å². The van der Waals surface area contributed by atoms with E-state index in [4.69, 9.17) is 4.42 Å². The monoisotopic (exact) mass is 286 g/mol. The third-order valence-electron chi connectivity index (χ3n) is 3.50. The molecule has 0 fully saturated rings. The minimum Gasteiger partial charge on any atom is -0.468 e. The van der Waals surface area contributed by atoms with Crippen LogP contribution in [-0.4, -0.2) is 25.0 Å². The molecule has 114 valence electrons. The molecule has 0 amide bonds. The summed E-state index contributed by atoms with van der Waals surface area (Å²) in [4.78, 5) is 2.26. The van der Waals surface area contributed by atoms with Crippen LogP contribution in [0.25, 0.3) is 0 Å². The standard InChI is InChI=1S/C18H26N2O/c1-3-11-19-12-10-16-6-8-17(9-7-16)14-20(2)15-18-5-4-13-21-18/h4-9,13,19H,3,10-12,14-15H2,1-2H3. The number of rotatable bonds is 9. The first-order valence-electron chi connectivity index (χ1n) is 7.77. The van der Waals surface area contributed by atoms with Gasteiger partial charge in [0.25, 0.3) is 0 Å². The molecule has 0 spiro atoms. The van der Waals surface area contributed by atoms with Gasteiger partial charge in [-0.1, -0.05) is 31.2 Å². The summed E-state index contributed by atoms with van der Waals surface area (Å²) in [5.41, 5.74) is 2.74. The molecular weight excluding hydrogens is 260 g/mol. The summed E-state index contributed by atoms with van der Waals surface area (Å²) >= 11 is 0. The molecule has 1 heterocycles. The van der Waals surface area contributed by atoms with Gasteiger partial charge in [-0.05, 0) is 56.2 Å². The van der Waals surface area contributed by atoms with Gasteiger partial charge in [-0.2, -0.15) is 0 Å². The first kappa shape index (κ1) is 15.8. The first-order valence-corrected chi connectivity index (χ1v) is 7.77. The summed E-state index contributed by atoms with van der Waals surface area (Å²) in [5.74, 6) is 1.01. The first-order chi connectivity index (χ1) is 10.3. The highest BCUT2D eigenvalue weighted by molar-refractivity contribution is 5.22. The summed E-state index contributed by atoms with van der Waals surface area (Å²) in [6.45, 7) is 6.15. The highest BCUT2D eigenvalue weighted by Gasteiger charge is 2.04. The molecular formula is C18H26N2O. The Labute approximate surface area is 128 Å². The molecule has 2 rings (SSSR count). The van der Waals surface area contributed by atoms with Crippen LogP contribution in [-0.2, 0) is 19.5 Å². The lowest BCUT2D eigenvalue weighted by molar-refractivity contribution is 0.288. The minimum absolute atomic E-state index is 0.843. The van der Waals surface area contributed by atoms with Gasteiger partial charge in [0.05, 0.1) is 12.8 Å². The van der Waals surface area contributed by atoms with Gasteiger partial charge >= 0.3 is 0 Å². The summed E-state index contributed by atoms with van der Waals surface area (Å²) in [6.07, 6.45) is 4.02. The van der Waals surface area contributed by atoms with Gasteiger partial charge in [0.15, 0.2) is 0 Å². The van der Waals surface area contributed by atoms with E-state index in [1.807, 2.05) is 12.1 Å². The maximum Gasteiger partial charge on any atom is 0.117 e. The smallest absolute Gasteiger partial charge is 0.117 e. The summed E-state index contributed by atoms with van der Waals surface area (Å²) in [6, 6.07) is 12.9. The maximum atomic E-state index is 5.38. The van der Waals surface area contributed by atoms with Crippen molar-refractivity contribution in [3.8, 4) is 0 Å². The number of hydrogen-bond acceptors (Lipinski definition) is 3. The molecule has 3 heteroatoms. The number of furan rings is 1. The number of benzene rings is 1. The summed E-state index contributed by atoms with van der Waals surface area (Å²) in [7, 11) is 2.12. The van der Waals surface area contributed by atoms with Crippen LogP contribution in [0.3, 0.4) is 0 Å². The lowest BCUT2D eigenvalue weighted by Crippen LogP contribution is -2.18. The SMILES string of the molecule is CCCNCCc1ccc(CN(C)Cc2ccco2)cc1. The third kappa shape index (κ3) is 5.74. The second-order valence-electron chi connectivity index (χ2n) is 5.57. The third-order valence-corrected chi connectivity index (χ3v) is 3.50. The Morgan fingerprint density at radius 2 is 1.76 bits per heavy atom. The number of hydrogen-bond donors (Lipinski definition) is 1. The Morgan fingerprint density at radius 1 is 1.00 bits per heavy atom. The highest BCUT2D eigenvalue weighted by atomic mass is 16.3. The Kier molecular flexibility index (Phi) is 6.51. The van der Waals surface area contributed by atoms with Gasteiger partial charge in [0.2, 0.25) is 0 Å². The molecule has 0 bridgehead atoms. The Hall–Kier alpha value is -1.58. The second kappa shape index (κ2) is 8.65. The van der Waals surface area contributed by atoms with Crippen LogP contribution in [0.1, 0.15) is 30.2 Å². The van der Waals surface area contributed by atoms with Crippen molar-refractivity contribution in [2.75, 3.05) is 20.1 Å². The number of nitrogens with one attached hydrogen (secondary N) is 1. The van der Waals surface area contributed by atoms with Crippen LogP contribution >= 0.6 is 0 Å². The molecule has 0 saturated carbocycles. The van der Waals surface area contributed by atoms with Gasteiger partial charge in [-0.25, -0.2) is 0 Å². The van der Waals surface area contributed by atoms with E-state index in [-0.39, 0.29) is 0 Å². The molecule has 0 saturated heterocycles. The van der Waals surface area contributed by atoms with Gasteiger partial charge in [0, 0.05) is 6.54 Å². The normalized spacial score (nSPS) is 11.2. The molecule has 21 heavy (non-hydrogen) atoms. The molecule has 1 aromatic carbocycles. The molecule has 1 aromatic heterocycles. The molecule has 0 aliphatic heterocycles. The Morgan fingerprint density at radius 3 is 2.43 bits per heavy atom. The Bertz CT molecular complexity index is 490. The van der Waals surface area contributed by atoms with Crippen molar-refractivity contribution in [2.45, 2.75) is 32.9 Å². The van der Waals surface area contributed by atoms with E-state index < -0.39 is 0 Å². The van der Waals surface area contributed by atoms with Crippen molar-refractivity contribution in [2.24, 2.45) is 0 Å². The fraction of sp³-hybridized carbons (Fsp3) is 0.444. The van der Waals surface area contributed by atoms with Crippen molar-refractivity contribution in [3.05, 3.63) is 59.5 Å². The van der Waals surface area contributed by atoms with Crippen molar-refractivity contribution < 1.29 is 4.42 Å². The quantitative estimate of drug-likeness (QED) is 0.716. The van der Waals surface area contributed by atoms with Crippen molar-refractivity contribution in [1.82, 2.24) is 10.2 Å². The van der Waals surface area contributed by atoms with E-state index in [2.05, 4.69) is 48.5 Å². The van der Waals surface area contributed by atoms with E-state index >= 15 is 0 Å². The predicted octanol–water partition coefficient (Wildman–Crippen LogP) is 3.45. The second-order valence-corrected chi connectivity index (χ2v) is 5.57. The zero-order chi connectivity index (χ0) is 14.9. The molecule has 3 nitrogen and oxygen atoms in total. The molecule has 0 aliphatic rings. The summed E-state index contributed by atoms with van der Waals surface area (Å²) in [5, 5.41) is 3.44. The molecule has 2 aromatic rings. The average Bonchev–Trinajstić information content (AvgIpc) is 2.98. The maximum absolute atomic E-state index is 5.38. The molecule has 0 aliphatic carbocycles. The van der Waals surface area contributed by atoms with Gasteiger partial charge < -0.3 is 9.73 Å². The molecule has 1 N–H and O–H groups in total. The van der Waals surface area contributed by atoms with Crippen molar-refractivity contribution in [1.29, 1.82) is 0 Å². The van der Waals surface area contributed by atoms with Crippen molar-refractivity contribution in [3.63, 3.8) is 0 Å². The van der Waals surface area contributed by atoms with Gasteiger partial charge in [-0.15, -0.1) is 0 Å².